The Hall–Kier alpha value is -1.36. The maximum absolute atomic E-state index is 10.8. The smallest absolute Gasteiger partial charge is 0.339 e. The molecule has 0 bridgehead atoms. The summed E-state index contributed by atoms with van der Waals surface area (Å²) in [4.78, 5) is 10.8. The van der Waals surface area contributed by atoms with Crippen LogP contribution in [0.3, 0.4) is 0 Å². The van der Waals surface area contributed by atoms with Crippen molar-refractivity contribution in [3.05, 3.63) is 34.1 Å². The summed E-state index contributed by atoms with van der Waals surface area (Å²) in [5, 5.41) is 12.8. The first-order valence-corrected chi connectivity index (χ1v) is 4.75. The van der Waals surface area contributed by atoms with E-state index in [2.05, 4.69) is 21.0 Å². The van der Waals surface area contributed by atoms with Crippen molar-refractivity contribution in [1.82, 2.24) is 9.61 Å². The second-order valence-corrected chi connectivity index (χ2v) is 3.85. The van der Waals surface area contributed by atoms with Gasteiger partial charge >= 0.3 is 5.97 Å². The fraction of sp³-hybridized carbons (Fsp3) is 0.111. The Kier molecular flexibility index (Phi) is 2.03. The van der Waals surface area contributed by atoms with Gasteiger partial charge in [0.2, 0.25) is 0 Å². The molecule has 0 atom stereocenters. The zero-order chi connectivity index (χ0) is 10.3. The van der Waals surface area contributed by atoms with Gasteiger partial charge in [0.1, 0.15) is 5.56 Å². The average molecular weight is 255 g/mol. The van der Waals surface area contributed by atoms with Crippen molar-refractivity contribution in [2.75, 3.05) is 0 Å². The number of nitrogens with zero attached hydrogens (tertiary/aromatic N) is 2. The lowest BCUT2D eigenvalue weighted by Crippen LogP contribution is -1.96. The van der Waals surface area contributed by atoms with Gasteiger partial charge in [0.15, 0.2) is 0 Å². The Bertz CT molecular complexity index is 519. The van der Waals surface area contributed by atoms with Gasteiger partial charge in [-0.15, -0.1) is 0 Å². The van der Waals surface area contributed by atoms with E-state index < -0.39 is 5.97 Å². The lowest BCUT2D eigenvalue weighted by atomic mass is 10.2. The zero-order valence-electron chi connectivity index (χ0n) is 7.36. The van der Waals surface area contributed by atoms with Crippen molar-refractivity contribution in [3.63, 3.8) is 0 Å². The third-order valence-corrected chi connectivity index (χ3v) is 2.86. The third kappa shape index (κ3) is 1.29. The van der Waals surface area contributed by atoms with Crippen LogP contribution in [-0.4, -0.2) is 20.7 Å². The van der Waals surface area contributed by atoms with Gasteiger partial charge in [-0.25, -0.2) is 9.31 Å². The molecule has 4 nitrogen and oxygen atoms in total. The standard InChI is InChI=1S/C9H7BrN2O2/c1-5-2-8-6(9(13)14)3-11-12(8)4-7(5)10/h2-4H,1H3,(H,13,14). The van der Waals surface area contributed by atoms with Crippen LogP contribution in [0, 0.1) is 6.92 Å². The second-order valence-electron chi connectivity index (χ2n) is 3.00. The van der Waals surface area contributed by atoms with Crippen LogP contribution in [0.15, 0.2) is 22.9 Å². The average Bonchev–Trinajstić information content (AvgIpc) is 2.48. The highest BCUT2D eigenvalue weighted by atomic mass is 79.9. The van der Waals surface area contributed by atoms with Crippen LogP contribution in [0.1, 0.15) is 15.9 Å². The number of halogens is 1. The largest absolute Gasteiger partial charge is 0.478 e. The number of rotatable bonds is 1. The summed E-state index contributed by atoms with van der Waals surface area (Å²) in [7, 11) is 0. The first-order valence-electron chi connectivity index (χ1n) is 3.96. The van der Waals surface area contributed by atoms with E-state index in [0.29, 0.717) is 5.52 Å². The van der Waals surface area contributed by atoms with E-state index in [9.17, 15) is 4.79 Å². The van der Waals surface area contributed by atoms with Crippen LogP contribution >= 0.6 is 15.9 Å². The van der Waals surface area contributed by atoms with E-state index in [-0.39, 0.29) is 5.56 Å². The molecule has 0 aliphatic rings. The third-order valence-electron chi connectivity index (χ3n) is 2.03. The van der Waals surface area contributed by atoms with Crippen LogP contribution in [0.5, 0.6) is 0 Å². The van der Waals surface area contributed by atoms with Crippen LogP contribution in [0.4, 0.5) is 0 Å². The molecule has 0 unspecified atom stereocenters. The molecule has 0 aliphatic carbocycles. The minimum Gasteiger partial charge on any atom is -0.478 e. The molecule has 0 aromatic carbocycles. The summed E-state index contributed by atoms with van der Waals surface area (Å²) in [6.07, 6.45) is 3.10. The summed E-state index contributed by atoms with van der Waals surface area (Å²) < 4.78 is 2.45. The van der Waals surface area contributed by atoms with Gasteiger partial charge in [-0.1, -0.05) is 0 Å². The van der Waals surface area contributed by atoms with Crippen LogP contribution in [-0.2, 0) is 0 Å². The minimum atomic E-state index is -0.957. The Balaban J connectivity index is 2.80. The molecule has 0 fully saturated rings. The minimum absolute atomic E-state index is 0.223. The predicted molar refractivity (Wildman–Crippen MR) is 54.6 cm³/mol. The maximum atomic E-state index is 10.8. The summed E-state index contributed by atoms with van der Waals surface area (Å²) in [5.74, 6) is -0.957. The Morgan fingerprint density at radius 1 is 1.64 bits per heavy atom. The second kappa shape index (κ2) is 3.09. The van der Waals surface area contributed by atoms with Crippen LogP contribution in [0.25, 0.3) is 5.52 Å². The number of carboxylic acids is 1. The molecule has 2 aromatic heterocycles. The topological polar surface area (TPSA) is 54.6 Å². The Morgan fingerprint density at radius 3 is 3.00 bits per heavy atom. The van der Waals surface area contributed by atoms with Gasteiger partial charge in [0.05, 0.1) is 11.7 Å². The van der Waals surface area contributed by atoms with Gasteiger partial charge in [-0.05, 0) is 34.5 Å². The van der Waals surface area contributed by atoms with E-state index in [1.807, 2.05) is 6.92 Å². The number of pyridine rings is 1. The molecule has 0 spiro atoms. The predicted octanol–water partition coefficient (Wildman–Crippen LogP) is 2.10. The van der Waals surface area contributed by atoms with Crippen molar-refractivity contribution in [2.24, 2.45) is 0 Å². The Morgan fingerprint density at radius 2 is 2.36 bits per heavy atom. The quantitative estimate of drug-likeness (QED) is 0.848. The highest BCUT2D eigenvalue weighted by Crippen LogP contribution is 2.19. The van der Waals surface area contributed by atoms with E-state index in [1.165, 1.54) is 6.20 Å². The molecule has 72 valence electrons. The van der Waals surface area contributed by atoms with Crippen LogP contribution < -0.4 is 0 Å². The van der Waals surface area contributed by atoms with Crippen LogP contribution in [0.2, 0.25) is 0 Å². The van der Waals surface area contributed by atoms with Gasteiger partial charge in [0.25, 0.3) is 0 Å². The van der Waals surface area contributed by atoms with Crippen molar-refractivity contribution >= 4 is 27.4 Å². The highest BCUT2D eigenvalue weighted by Gasteiger charge is 2.11. The van der Waals surface area contributed by atoms with E-state index >= 15 is 0 Å². The number of aryl methyl sites for hydroxylation is 1. The molecule has 5 heteroatoms. The molecule has 2 aromatic rings. The Labute approximate surface area is 88.3 Å². The number of fused-ring (bicyclic) bond motifs is 1. The first kappa shape index (κ1) is 9.21. The number of carbonyl (C=O) groups is 1. The van der Waals surface area contributed by atoms with Crippen molar-refractivity contribution < 1.29 is 9.90 Å². The summed E-state index contributed by atoms with van der Waals surface area (Å²) >= 11 is 3.35. The molecule has 0 radical (unpaired) electrons. The van der Waals surface area contributed by atoms with Gasteiger partial charge < -0.3 is 5.11 Å². The normalized spacial score (nSPS) is 10.7. The molecule has 1 N–H and O–H groups in total. The van der Waals surface area contributed by atoms with Gasteiger partial charge in [-0.2, -0.15) is 5.10 Å². The summed E-state index contributed by atoms with van der Waals surface area (Å²) in [5.41, 5.74) is 1.82. The molecule has 2 heterocycles. The molecule has 14 heavy (non-hydrogen) atoms. The lowest BCUT2D eigenvalue weighted by Gasteiger charge is -1.99. The zero-order valence-corrected chi connectivity index (χ0v) is 8.95. The number of hydrogen-bond acceptors (Lipinski definition) is 2. The molecule has 0 aliphatic heterocycles. The number of hydrogen-bond donors (Lipinski definition) is 1. The molecular weight excluding hydrogens is 248 g/mol. The molecule has 0 saturated heterocycles. The number of aromatic carboxylic acids is 1. The number of aromatic nitrogens is 2. The van der Waals surface area contributed by atoms with Crippen molar-refractivity contribution in [1.29, 1.82) is 0 Å². The van der Waals surface area contributed by atoms with Crippen molar-refractivity contribution in [3.8, 4) is 0 Å². The summed E-state index contributed by atoms with van der Waals surface area (Å²) in [6, 6.07) is 1.79. The fourth-order valence-electron chi connectivity index (χ4n) is 1.27. The van der Waals surface area contributed by atoms with E-state index in [1.54, 1.807) is 16.8 Å². The monoisotopic (exact) mass is 254 g/mol. The van der Waals surface area contributed by atoms with Crippen molar-refractivity contribution in [2.45, 2.75) is 6.92 Å². The van der Waals surface area contributed by atoms with E-state index in [4.69, 9.17) is 5.11 Å². The molecule has 2 rings (SSSR count). The molecule has 0 saturated carbocycles. The SMILES string of the molecule is Cc1cc2c(C(=O)O)cnn2cc1Br. The molecular formula is C9H7BrN2O2. The highest BCUT2D eigenvalue weighted by molar-refractivity contribution is 9.10. The maximum Gasteiger partial charge on any atom is 0.339 e. The number of carboxylic acid groups (broad SMARTS) is 1. The fourth-order valence-corrected chi connectivity index (χ4v) is 1.57. The van der Waals surface area contributed by atoms with E-state index in [0.717, 1.165) is 10.0 Å². The first-order chi connectivity index (χ1) is 6.59. The van der Waals surface area contributed by atoms with Gasteiger partial charge in [-0.3, -0.25) is 0 Å². The molecule has 0 amide bonds. The summed E-state index contributed by atoms with van der Waals surface area (Å²) in [6.45, 7) is 1.91. The van der Waals surface area contributed by atoms with Gasteiger partial charge in [0, 0.05) is 10.7 Å². The lowest BCUT2D eigenvalue weighted by molar-refractivity contribution is 0.0699.